The number of rotatable bonds is 6. The average Bonchev–Trinajstić information content (AvgIpc) is 3.33. The zero-order chi connectivity index (χ0) is 21.6. The monoisotopic (exact) mass is 435 g/mol. The number of ether oxygens (including phenoxy) is 3. The minimum absolute atomic E-state index is 0.304. The average molecular weight is 435 g/mol. The Kier molecular flexibility index (Phi) is 6.01. The number of hydrogen-bond acceptors (Lipinski definition) is 7. The molecule has 1 aliphatic rings. The first-order chi connectivity index (χ1) is 15.1. The second-order valence-corrected chi connectivity index (χ2v) is 7.37. The molecule has 0 atom stereocenters. The molecule has 1 aliphatic heterocycles. The molecule has 31 heavy (non-hydrogen) atoms. The maximum absolute atomic E-state index is 12.5. The van der Waals surface area contributed by atoms with Crippen molar-refractivity contribution in [1.82, 2.24) is 0 Å². The molecule has 4 rings (SSSR count). The Bertz CT molecular complexity index is 1150. The second kappa shape index (κ2) is 9.19. The number of fused-ring (bicyclic) bond motifs is 1. The summed E-state index contributed by atoms with van der Waals surface area (Å²) in [6.07, 6.45) is 0. The highest BCUT2D eigenvalue weighted by Gasteiger charge is 2.19. The molecule has 9 heteroatoms. The van der Waals surface area contributed by atoms with Gasteiger partial charge < -0.3 is 24.8 Å². The van der Waals surface area contributed by atoms with Gasteiger partial charge in [0.15, 0.2) is 18.1 Å². The van der Waals surface area contributed by atoms with Gasteiger partial charge >= 0.3 is 0 Å². The van der Waals surface area contributed by atoms with Crippen molar-refractivity contribution in [3.05, 3.63) is 64.4 Å². The number of para-hydroxylation sites is 1. The van der Waals surface area contributed by atoms with Crippen molar-refractivity contribution in [3.8, 4) is 23.3 Å². The Morgan fingerprint density at radius 1 is 1.03 bits per heavy atom. The fraction of sp³-hybridized carbons (Fsp3) is 0.136. The van der Waals surface area contributed by atoms with Gasteiger partial charge in [0.05, 0.1) is 21.8 Å². The molecule has 1 aromatic heterocycles. The highest BCUT2D eigenvalue weighted by molar-refractivity contribution is 7.12. The summed E-state index contributed by atoms with van der Waals surface area (Å²) in [5, 5.41) is 16.5. The summed E-state index contributed by atoms with van der Waals surface area (Å²) >= 11 is 1.31. The number of thiophene rings is 1. The molecule has 0 spiro atoms. The van der Waals surface area contributed by atoms with E-state index in [1.807, 2.05) is 6.07 Å². The molecular formula is C22H17N3O5S. The first kappa shape index (κ1) is 20.3. The van der Waals surface area contributed by atoms with Crippen molar-refractivity contribution in [2.45, 2.75) is 0 Å². The molecule has 2 aromatic carbocycles. The minimum Gasteiger partial charge on any atom is -0.486 e. The molecule has 0 aliphatic carbocycles. The molecule has 2 amide bonds. The summed E-state index contributed by atoms with van der Waals surface area (Å²) in [7, 11) is 0. The van der Waals surface area contributed by atoms with Crippen LogP contribution in [0, 0.1) is 11.3 Å². The van der Waals surface area contributed by atoms with Gasteiger partial charge in [-0.25, -0.2) is 0 Å². The Labute approximate surface area is 182 Å². The van der Waals surface area contributed by atoms with Gasteiger partial charge in [0, 0.05) is 12.1 Å². The zero-order valence-corrected chi connectivity index (χ0v) is 17.0. The number of nitrogens with one attached hydrogen (secondary N) is 2. The number of nitrogens with zero attached hydrogens (tertiary/aromatic N) is 1. The standard InChI is InChI=1S/C22H17N3O5S/c23-12-14-4-1-2-5-17(14)30-13-21(26)24-15-10-18-19(29-8-7-28-18)11-16(15)25-22(27)20-6-3-9-31-20/h1-6,9-11H,7-8,13H2,(H,24,26)(H,25,27). The fourth-order valence-corrected chi connectivity index (χ4v) is 3.52. The van der Waals surface area contributed by atoms with Gasteiger partial charge in [-0.15, -0.1) is 11.3 Å². The maximum Gasteiger partial charge on any atom is 0.265 e. The number of anilines is 2. The van der Waals surface area contributed by atoms with Gasteiger partial charge in [0.1, 0.15) is 25.0 Å². The SMILES string of the molecule is N#Cc1ccccc1OCC(=O)Nc1cc2c(cc1NC(=O)c1cccs1)OCCO2. The maximum atomic E-state index is 12.5. The molecule has 3 aromatic rings. The summed E-state index contributed by atoms with van der Waals surface area (Å²) in [5.74, 6) is 0.488. The third kappa shape index (κ3) is 4.76. The lowest BCUT2D eigenvalue weighted by atomic mass is 10.2. The van der Waals surface area contributed by atoms with Crippen LogP contribution in [0.2, 0.25) is 0 Å². The van der Waals surface area contributed by atoms with Gasteiger partial charge in [-0.3, -0.25) is 9.59 Å². The Morgan fingerprint density at radius 2 is 1.74 bits per heavy atom. The quantitative estimate of drug-likeness (QED) is 0.612. The second-order valence-electron chi connectivity index (χ2n) is 6.42. The smallest absolute Gasteiger partial charge is 0.265 e. The highest BCUT2D eigenvalue weighted by Crippen LogP contribution is 2.38. The van der Waals surface area contributed by atoms with E-state index in [1.54, 1.807) is 53.9 Å². The van der Waals surface area contributed by atoms with Crippen molar-refractivity contribution < 1.29 is 23.8 Å². The van der Waals surface area contributed by atoms with Crippen LogP contribution < -0.4 is 24.8 Å². The van der Waals surface area contributed by atoms with Crippen LogP contribution in [0.3, 0.4) is 0 Å². The van der Waals surface area contributed by atoms with E-state index in [-0.39, 0.29) is 12.5 Å². The largest absolute Gasteiger partial charge is 0.486 e. The Hall–Kier alpha value is -4.03. The first-order valence-electron chi connectivity index (χ1n) is 9.34. The van der Waals surface area contributed by atoms with Crippen LogP contribution >= 0.6 is 11.3 Å². The van der Waals surface area contributed by atoms with Gasteiger partial charge in [-0.2, -0.15) is 5.26 Å². The molecule has 0 unspecified atom stereocenters. The molecule has 156 valence electrons. The minimum atomic E-state index is -0.462. The molecule has 2 N–H and O–H groups in total. The fourth-order valence-electron chi connectivity index (χ4n) is 2.90. The molecule has 0 saturated carbocycles. The molecule has 0 bridgehead atoms. The van der Waals surface area contributed by atoms with E-state index in [2.05, 4.69) is 10.6 Å². The van der Waals surface area contributed by atoms with E-state index in [4.69, 9.17) is 19.5 Å². The van der Waals surface area contributed by atoms with Crippen LogP contribution in [0.4, 0.5) is 11.4 Å². The summed E-state index contributed by atoms with van der Waals surface area (Å²) in [4.78, 5) is 25.6. The number of nitriles is 1. The number of hydrogen-bond donors (Lipinski definition) is 2. The summed E-state index contributed by atoms with van der Waals surface area (Å²) in [6.45, 7) is 0.462. The molecule has 0 fully saturated rings. The van der Waals surface area contributed by atoms with E-state index in [1.165, 1.54) is 11.3 Å². The van der Waals surface area contributed by atoms with Gasteiger partial charge in [-0.05, 0) is 23.6 Å². The lowest BCUT2D eigenvalue weighted by Gasteiger charge is -2.21. The summed E-state index contributed by atoms with van der Waals surface area (Å²) in [5.41, 5.74) is 1.04. The Morgan fingerprint density at radius 3 is 2.42 bits per heavy atom. The molecule has 2 heterocycles. The zero-order valence-electron chi connectivity index (χ0n) is 16.2. The van der Waals surface area contributed by atoms with Gasteiger partial charge in [-0.1, -0.05) is 18.2 Å². The predicted octanol–water partition coefficient (Wildman–Crippen LogP) is 3.66. The summed E-state index contributed by atoms with van der Waals surface area (Å²) < 4.78 is 16.6. The number of carbonyl (C=O) groups excluding carboxylic acids is 2. The highest BCUT2D eigenvalue weighted by atomic mass is 32.1. The van der Waals surface area contributed by atoms with Crippen molar-refractivity contribution in [2.75, 3.05) is 30.5 Å². The molecular weight excluding hydrogens is 418 g/mol. The van der Waals surface area contributed by atoms with Crippen LogP contribution in [-0.2, 0) is 4.79 Å². The molecule has 0 radical (unpaired) electrons. The lowest BCUT2D eigenvalue weighted by Crippen LogP contribution is -2.23. The van der Waals surface area contributed by atoms with Crippen molar-refractivity contribution in [2.24, 2.45) is 0 Å². The summed E-state index contributed by atoms with van der Waals surface area (Å²) in [6, 6.07) is 15.4. The van der Waals surface area contributed by atoms with Crippen LogP contribution in [0.5, 0.6) is 17.2 Å². The van der Waals surface area contributed by atoms with Crippen molar-refractivity contribution in [1.29, 1.82) is 5.26 Å². The normalized spacial score (nSPS) is 11.8. The number of benzene rings is 2. The third-order valence-electron chi connectivity index (χ3n) is 4.32. The van der Waals surface area contributed by atoms with Crippen molar-refractivity contribution >= 4 is 34.5 Å². The van der Waals surface area contributed by atoms with E-state index < -0.39 is 5.91 Å². The van der Waals surface area contributed by atoms with Crippen LogP contribution in [0.15, 0.2) is 53.9 Å². The van der Waals surface area contributed by atoms with E-state index in [0.717, 1.165) is 0 Å². The van der Waals surface area contributed by atoms with Crippen molar-refractivity contribution in [3.63, 3.8) is 0 Å². The van der Waals surface area contributed by atoms with Gasteiger partial charge in [0.25, 0.3) is 11.8 Å². The van der Waals surface area contributed by atoms with E-state index >= 15 is 0 Å². The third-order valence-corrected chi connectivity index (χ3v) is 5.18. The van der Waals surface area contributed by atoms with E-state index in [9.17, 15) is 9.59 Å². The van der Waals surface area contributed by atoms with Crippen LogP contribution in [0.25, 0.3) is 0 Å². The molecule has 0 saturated heterocycles. The van der Waals surface area contributed by atoms with Gasteiger partial charge in [0.2, 0.25) is 0 Å². The Balaban J connectivity index is 1.52. The number of carbonyl (C=O) groups is 2. The van der Waals surface area contributed by atoms with Crippen LogP contribution in [0.1, 0.15) is 15.2 Å². The van der Waals surface area contributed by atoms with Crippen LogP contribution in [-0.4, -0.2) is 31.6 Å². The lowest BCUT2D eigenvalue weighted by molar-refractivity contribution is -0.118. The number of amides is 2. The molecule has 8 nitrogen and oxygen atoms in total. The topological polar surface area (TPSA) is 110 Å². The predicted molar refractivity (Wildman–Crippen MR) is 115 cm³/mol. The first-order valence-corrected chi connectivity index (χ1v) is 10.2. The van der Waals surface area contributed by atoms with E-state index in [0.29, 0.717) is 52.3 Å².